The maximum absolute atomic E-state index is 5.34. The molecule has 0 saturated carbocycles. The molecular weight excluding hydrogens is 156 g/mol. The zero-order chi connectivity index (χ0) is 9.10. The Morgan fingerprint density at radius 3 is 2.92 bits per heavy atom. The fraction of sp³-hybridized carbons (Fsp3) is 0.385. The highest BCUT2D eigenvalue weighted by atomic mass is 14.2. The Morgan fingerprint density at radius 2 is 2.08 bits per heavy atom. The Bertz CT molecular complexity index is 342. The number of aryl methyl sites for hydroxylation is 1. The van der Waals surface area contributed by atoms with Crippen molar-refractivity contribution in [2.45, 2.75) is 32.1 Å². The number of fused-ring (bicyclic) bond motifs is 1. The number of terminal acetylenes is 1. The third-order valence-corrected chi connectivity index (χ3v) is 2.79. The Morgan fingerprint density at radius 1 is 1.23 bits per heavy atom. The van der Waals surface area contributed by atoms with Gasteiger partial charge in [-0.15, -0.1) is 12.3 Å². The molecule has 0 atom stereocenters. The van der Waals surface area contributed by atoms with Crippen LogP contribution in [-0.2, 0) is 19.3 Å². The molecule has 1 aromatic carbocycles. The molecule has 0 fully saturated rings. The Kier molecular flexibility index (Phi) is 2.36. The van der Waals surface area contributed by atoms with Crippen LogP contribution in [0.2, 0.25) is 0 Å². The molecule has 0 radical (unpaired) electrons. The summed E-state index contributed by atoms with van der Waals surface area (Å²) in [5.41, 5.74) is 4.44. The molecule has 0 spiro atoms. The molecule has 0 bridgehead atoms. The Balaban J connectivity index is 2.41. The summed E-state index contributed by atoms with van der Waals surface area (Å²) >= 11 is 0. The monoisotopic (exact) mass is 170 g/mol. The van der Waals surface area contributed by atoms with Crippen LogP contribution in [0.1, 0.15) is 29.5 Å². The van der Waals surface area contributed by atoms with Gasteiger partial charge >= 0.3 is 0 Å². The second-order valence-electron chi connectivity index (χ2n) is 3.64. The van der Waals surface area contributed by atoms with E-state index in [9.17, 15) is 0 Å². The van der Waals surface area contributed by atoms with Crippen molar-refractivity contribution in [1.82, 2.24) is 0 Å². The van der Waals surface area contributed by atoms with Crippen LogP contribution in [0.5, 0.6) is 0 Å². The minimum atomic E-state index is 0.795. The molecule has 1 aliphatic rings. The van der Waals surface area contributed by atoms with Gasteiger partial charge in [-0.1, -0.05) is 18.2 Å². The van der Waals surface area contributed by atoms with Gasteiger partial charge in [-0.3, -0.25) is 0 Å². The molecule has 0 unspecified atom stereocenters. The third-order valence-electron chi connectivity index (χ3n) is 2.79. The first-order valence-corrected chi connectivity index (χ1v) is 4.95. The summed E-state index contributed by atoms with van der Waals surface area (Å²) in [6.45, 7) is 0. The zero-order valence-electron chi connectivity index (χ0n) is 7.84. The minimum absolute atomic E-state index is 0.795. The summed E-state index contributed by atoms with van der Waals surface area (Å²) in [7, 11) is 0. The van der Waals surface area contributed by atoms with Gasteiger partial charge in [-0.25, -0.2) is 0 Å². The first-order valence-electron chi connectivity index (χ1n) is 4.95. The summed E-state index contributed by atoms with van der Waals surface area (Å²) in [5, 5.41) is 0. The van der Waals surface area contributed by atoms with E-state index in [0.29, 0.717) is 0 Å². The van der Waals surface area contributed by atoms with Crippen LogP contribution in [0, 0.1) is 12.3 Å². The van der Waals surface area contributed by atoms with Gasteiger partial charge in [0.1, 0.15) is 0 Å². The fourth-order valence-electron chi connectivity index (χ4n) is 2.14. The highest BCUT2D eigenvalue weighted by Crippen LogP contribution is 2.24. The quantitative estimate of drug-likeness (QED) is 0.568. The molecule has 0 heteroatoms. The van der Waals surface area contributed by atoms with Gasteiger partial charge in [-0.2, -0.15) is 0 Å². The molecular formula is C13H14. The molecule has 0 amide bonds. The summed E-state index contributed by atoms with van der Waals surface area (Å²) in [6.07, 6.45) is 11.3. The van der Waals surface area contributed by atoms with Crippen LogP contribution in [0.25, 0.3) is 0 Å². The van der Waals surface area contributed by atoms with Crippen molar-refractivity contribution in [3.05, 3.63) is 34.9 Å². The smallest absolute Gasteiger partial charge is 0.0340 e. The standard InChI is InChI=1S/C13H14/c1-2-6-11-8-5-9-12-7-3-4-10-13(11)12/h1,5,8-9H,3-4,6-7,10H2. The van der Waals surface area contributed by atoms with Crippen LogP contribution in [-0.4, -0.2) is 0 Å². The van der Waals surface area contributed by atoms with E-state index in [1.165, 1.54) is 42.4 Å². The molecule has 0 saturated heterocycles. The predicted octanol–water partition coefficient (Wildman–Crippen LogP) is 2.74. The molecule has 0 nitrogen and oxygen atoms in total. The van der Waals surface area contributed by atoms with Crippen LogP contribution in [0.4, 0.5) is 0 Å². The lowest BCUT2D eigenvalue weighted by molar-refractivity contribution is 0.681. The van der Waals surface area contributed by atoms with E-state index in [4.69, 9.17) is 6.42 Å². The van der Waals surface area contributed by atoms with Crippen molar-refractivity contribution in [3.63, 3.8) is 0 Å². The molecule has 2 rings (SSSR count). The topological polar surface area (TPSA) is 0 Å². The molecule has 0 N–H and O–H groups in total. The average molecular weight is 170 g/mol. The number of rotatable bonds is 1. The van der Waals surface area contributed by atoms with Crippen molar-refractivity contribution in [1.29, 1.82) is 0 Å². The van der Waals surface area contributed by atoms with Crippen LogP contribution >= 0.6 is 0 Å². The van der Waals surface area contributed by atoms with E-state index in [1.54, 1.807) is 0 Å². The summed E-state index contributed by atoms with van der Waals surface area (Å²) in [6, 6.07) is 6.55. The largest absolute Gasteiger partial charge is 0.120 e. The average Bonchev–Trinajstić information content (AvgIpc) is 2.19. The molecule has 1 aromatic rings. The molecule has 1 aliphatic carbocycles. The van der Waals surface area contributed by atoms with Gasteiger partial charge in [0, 0.05) is 6.42 Å². The Labute approximate surface area is 80.0 Å². The van der Waals surface area contributed by atoms with E-state index >= 15 is 0 Å². The van der Waals surface area contributed by atoms with E-state index in [1.807, 2.05) is 0 Å². The van der Waals surface area contributed by atoms with Crippen LogP contribution < -0.4 is 0 Å². The predicted molar refractivity (Wildman–Crippen MR) is 55.6 cm³/mol. The molecule has 0 heterocycles. The van der Waals surface area contributed by atoms with Crippen molar-refractivity contribution in [2.24, 2.45) is 0 Å². The first kappa shape index (κ1) is 8.38. The molecule has 0 aromatic heterocycles. The summed E-state index contributed by atoms with van der Waals surface area (Å²) in [5.74, 6) is 2.73. The second-order valence-corrected chi connectivity index (χ2v) is 3.64. The highest BCUT2D eigenvalue weighted by molar-refractivity contribution is 5.38. The highest BCUT2D eigenvalue weighted by Gasteiger charge is 2.11. The van der Waals surface area contributed by atoms with Crippen molar-refractivity contribution < 1.29 is 0 Å². The maximum Gasteiger partial charge on any atom is 0.0340 e. The van der Waals surface area contributed by atoms with Gasteiger partial charge in [0.25, 0.3) is 0 Å². The van der Waals surface area contributed by atoms with Crippen LogP contribution in [0.3, 0.4) is 0 Å². The Hall–Kier alpha value is -1.22. The lowest BCUT2D eigenvalue weighted by atomic mass is 9.87. The maximum atomic E-state index is 5.34. The summed E-state index contributed by atoms with van der Waals surface area (Å²) < 4.78 is 0. The van der Waals surface area contributed by atoms with Gasteiger partial charge in [-0.05, 0) is 42.4 Å². The lowest BCUT2D eigenvalue weighted by Crippen LogP contribution is -2.05. The van der Waals surface area contributed by atoms with Crippen molar-refractivity contribution in [2.75, 3.05) is 0 Å². The second kappa shape index (κ2) is 3.66. The van der Waals surface area contributed by atoms with Crippen molar-refractivity contribution >= 4 is 0 Å². The fourth-order valence-corrected chi connectivity index (χ4v) is 2.14. The van der Waals surface area contributed by atoms with Gasteiger partial charge in [0.05, 0.1) is 0 Å². The van der Waals surface area contributed by atoms with E-state index < -0.39 is 0 Å². The van der Waals surface area contributed by atoms with Gasteiger partial charge in [0.15, 0.2) is 0 Å². The van der Waals surface area contributed by atoms with E-state index in [-0.39, 0.29) is 0 Å². The van der Waals surface area contributed by atoms with Gasteiger partial charge < -0.3 is 0 Å². The summed E-state index contributed by atoms with van der Waals surface area (Å²) in [4.78, 5) is 0. The normalized spacial score (nSPS) is 14.7. The van der Waals surface area contributed by atoms with E-state index in [2.05, 4.69) is 24.1 Å². The molecule has 0 aliphatic heterocycles. The minimum Gasteiger partial charge on any atom is -0.120 e. The third kappa shape index (κ3) is 1.60. The first-order chi connectivity index (χ1) is 6.42. The van der Waals surface area contributed by atoms with Crippen LogP contribution in [0.15, 0.2) is 18.2 Å². The number of hydrogen-bond donors (Lipinski definition) is 0. The lowest BCUT2D eigenvalue weighted by Gasteiger charge is -2.18. The van der Waals surface area contributed by atoms with E-state index in [0.717, 1.165) is 6.42 Å². The number of benzene rings is 1. The number of hydrogen-bond acceptors (Lipinski definition) is 0. The zero-order valence-corrected chi connectivity index (χ0v) is 7.84. The molecule has 66 valence electrons. The van der Waals surface area contributed by atoms with Gasteiger partial charge in [0.2, 0.25) is 0 Å². The van der Waals surface area contributed by atoms with Crippen molar-refractivity contribution in [3.8, 4) is 12.3 Å². The molecule has 13 heavy (non-hydrogen) atoms. The SMILES string of the molecule is C#CCc1cccc2c1CCCC2.